The molecular weight excluding hydrogens is 228 g/mol. The van der Waals surface area contributed by atoms with Crippen molar-refractivity contribution in [1.29, 1.82) is 0 Å². The van der Waals surface area contributed by atoms with E-state index in [-0.39, 0.29) is 6.61 Å². The van der Waals surface area contributed by atoms with E-state index in [4.69, 9.17) is 4.74 Å². The van der Waals surface area contributed by atoms with E-state index in [1.54, 1.807) is 0 Å². The summed E-state index contributed by atoms with van der Waals surface area (Å²) in [6.07, 6.45) is 6.69. The van der Waals surface area contributed by atoms with Crippen molar-refractivity contribution in [2.24, 2.45) is 5.92 Å². The molecule has 0 radical (unpaired) electrons. The van der Waals surface area contributed by atoms with Crippen LogP contribution in [0.25, 0.3) is 0 Å². The van der Waals surface area contributed by atoms with Crippen LogP contribution in [-0.2, 0) is 4.74 Å². The Balaban J connectivity index is 3.16. The highest BCUT2D eigenvalue weighted by Crippen LogP contribution is 2.10. The Morgan fingerprint density at radius 3 is 2.11 bits per heavy atom. The van der Waals surface area contributed by atoms with Crippen molar-refractivity contribution in [3.05, 3.63) is 0 Å². The summed E-state index contributed by atoms with van der Waals surface area (Å²) in [5.74, 6) is 0.819. The first kappa shape index (κ1) is 17.9. The second-order valence-corrected chi connectivity index (χ2v) is 5.57. The zero-order valence-electron chi connectivity index (χ0n) is 12.4. The van der Waals surface area contributed by atoms with E-state index in [0.29, 0.717) is 13.0 Å². The number of aliphatic hydroxyl groups is 2. The van der Waals surface area contributed by atoms with Crippen LogP contribution in [0.3, 0.4) is 0 Å². The summed E-state index contributed by atoms with van der Waals surface area (Å²) in [6.45, 7) is 7.33. The minimum absolute atomic E-state index is 0.252. The highest BCUT2D eigenvalue weighted by molar-refractivity contribution is 4.63. The Labute approximate surface area is 113 Å². The molecule has 0 fully saturated rings. The van der Waals surface area contributed by atoms with Gasteiger partial charge in [0.15, 0.2) is 0 Å². The third-order valence-electron chi connectivity index (χ3n) is 3.22. The van der Waals surface area contributed by atoms with E-state index < -0.39 is 12.2 Å². The van der Waals surface area contributed by atoms with E-state index in [1.807, 2.05) is 6.92 Å². The summed E-state index contributed by atoms with van der Waals surface area (Å²) in [6, 6.07) is 0. The molecular formula is C15H32O3. The number of rotatable bonds is 12. The summed E-state index contributed by atoms with van der Waals surface area (Å²) in [4.78, 5) is 0. The third kappa shape index (κ3) is 11.0. The molecule has 2 atom stereocenters. The predicted molar refractivity (Wildman–Crippen MR) is 75.7 cm³/mol. The normalized spacial score (nSPS) is 15.0. The van der Waals surface area contributed by atoms with Gasteiger partial charge < -0.3 is 14.9 Å². The summed E-state index contributed by atoms with van der Waals surface area (Å²) in [5, 5.41) is 18.8. The zero-order chi connectivity index (χ0) is 13.8. The molecule has 0 aliphatic carbocycles. The first-order valence-corrected chi connectivity index (χ1v) is 7.51. The molecule has 0 aromatic carbocycles. The standard InChI is InChI=1S/C15H32O3/c1-4-14(16)15(17)12-18-11-9-7-5-6-8-10-13(2)3/h13-17H,4-12H2,1-3H3. The maximum Gasteiger partial charge on any atom is 0.103 e. The molecule has 0 heterocycles. The minimum atomic E-state index is -0.735. The van der Waals surface area contributed by atoms with E-state index in [9.17, 15) is 10.2 Å². The van der Waals surface area contributed by atoms with Crippen LogP contribution in [0.1, 0.15) is 65.7 Å². The molecule has 0 spiro atoms. The molecule has 2 N–H and O–H groups in total. The molecule has 0 aromatic heterocycles. The molecule has 2 unspecified atom stereocenters. The van der Waals surface area contributed by atoms with Gasteiger partial charge in [-0.25, -0.2) is 0 Å². The first-order chi connectivity index (χ1) is 8.57. The van der Waals surface area contributed by atoms with Crippen molar-refractivity contribution >= 4 is 0 Å². The summed E-state index contributed by atoms with van der Waals surface area (Å²) in [7, 11) is 0. The molecule has 0 amide bonds. The fourth-order valence-electron chi connectivity index (χ4n) is 1.87. The Morgan fingerprint density at radius 2 is 1.50 bits per heavy atom. The van der Waals surface area contributed by atoms with Gasteiger partial charge in [0.25, 0.3) is 0 Å². The molecule has 110 valence electrons. The van der Waals surface area contributed by atoms with E-state index >= 15 is 0 Å². The Hall–Kier alpha value is -0.120. The summed E-state index contributed by atoms with van der Waals surface area (Å²) in [5.41, 5.74) is 0. The highest BCUT2D eigenvalue weighted by Gasteiger charge is 2.13. The van der Waals surface area contributed by atoms with E-state index in [2.05, 4.69) is 13.8 Å². The van der Waals surface area contributed by atoms with Crippen LogP contribution in [0.15, 0.2) is 0 Å². The minimum Gasteiger partial charge on any atom is -0.390 e. The molecule has 0 saturated carbocycles. The lowest BCUT2D eigenvalue weighted by Crippen LogP contribution is -2.29. The Morgan fingerprint density at radius 1 is 0.889 bits per heavy atom. The van der Waals surface area contributed by atoms with Crippen LogP contribution in [0, 0.1) is 5.92 Å². The molecule has 0 bridgehead atoms. The van der Waals surface area contributed by atoms with Crippen molar-refractivity contribution in [3.8, 4) is 0 Å². The zero-order valence-corrected chi connectivity index (χ0v) is 12.4. The quantitative estimate of drug-likeness (QED) is 0.530. The third-order valence-corrected chi connectivity index (χ3v) is 3.22. The van der Waals surface area contributed by atoms with Crippen LogP contribution >= 0.6 is 0 Å². The van der Waals surface area contributed by atoms with Crippen LogP contribution in [0.5, 0.6) is 0 Å². The van der Waals surface area contributed by atoms with Gasteiger partial charge in [-0.2, -0.15) is 0 Å². The average molecular weight is 260 g/mol. The van der Waals surface area contributed by atoms with Crippen LogP contribution in [0.4, 0.5) is 0 Å². The molecule has 0 aromatic rings. The number of ether oxygens (including phenoxy) is 1. The molecule has 0 rings (SSSR count). The predicted octanol–water partition coefficient (Wildman–Crippen LogP) is 3.13. The van der Waals surface area contributed by atoms with Gasteiger partial charge in [0.05, 0.1) is 12.7 Å². The van der Waals surface area contributed by atoms with Crippen molar-refractivity contribution in [2.75, 3.05) is 13.2 Å². The Bertz CT molecular complexity index is 171. The second-order valence-electron chi connectivity index (χ2n) is 5.57. The molecule has 3 heteroatoms. The van der Waals surface area contributed by atoms with Gasteiger partial charge in [-0.3, -0.25) is 0 Å². The number of unbranched alkanes of at least 4 members (excludes halogenated alkanes) is 4. The maximum atomic E-state index is 9.47. The number of hydrogen-bond donors (Lipinski definition) is 2. The van der Waals surface area contributed by atoms with Crippen molar-refractivity contribution in [2.45, 2.75) is 77.9 Å². The van der Waals surface area contributed by atoms with Crippen LogP contribution in [-0.4, -0.2) is 35.6 Å². The van der Waals surface area contributed by atoms with Gasteiger partial charge in [-0.1, -0.05) is 52.9 Å². The molecule has 0 aliphatic rings. The fraction of sp³-hybridized carbons (Fsp3) is 1.00. The maximum absolute atomic E-state index is 9.47. The first-order valence-electron chi connectivity index (χ1n) is 7.51. The van der Waals surface area contributed by atoms with Gasteiger partial charge in [0.1, 0.15) is 6.10 Å². The van der Waals surface area contributed by atoms with Crippen molar-refractivity contribution < 1.29 is 14.9 Å². The van der Waals surface area contributed by atoms with Crippen LogP contribution < -0.4 is 0 Å². The largest absolute Gasteiger partial charge is 0.390 e. The van der Waals surface area contributed by atoms with Gasteiger partial charge in [0.2, 0.25) is 0 Å². The van der Waals surface area contributed by atoms with Gasteiger partial charge in [-0.15, -0.1) is 0 Å². The van der Waals surface area contributed by atoms with E-state index in [1.165, 1.54) is 32.1 Å². The lowest BCUT2D eigenvalue weighted by molar-refractivity contribution is -0.0393. The highest BCUT2D eigenvalue weighted by atomic mass is 16.5. The number of aliphatic hydroxyl groups excluding tert-OH is 2. The SMILES string of the molecule is CCC(O)C(O)COCCCCCCCC(C)C. The molecule has 0 aliphatic heterocycles. The van der Waals surface area contributed by atoms with Crippen LogP contribution in [0.2, 0.25) is 0 Å². The number of hydrogen-bond acceptors (Lipinski definition) is 3. The van der Waals surface area contributed by atoms with Gasteiger partial charge in [-0.05, 0) is 18.8 Å². The topological polar surface area (TPSA) is 49.7 Å². The molecule has 3 nitrogen and oxygen atoms in total. The molecule has 18 heavy (non-hydrogen) atoms. The smallest absolute Gasteiger partial charge is 0.103 e. The van der Waals surface area contributed by atoms with Crippen molar-refractivity contribution in [1.82, 2.24) is 0 Å². The average Bonchev–Trinajstić information content (AvgIpc) is 2.35. The van der Waals surface area contributed by atoms with Crippen molar-refractivity contribution in [3.63, 3.8) is 0 Å². The van der Waals surface area contributed by atoms with Gasteiger partial charge in [0, 0.05) is 6.61 Å². The summed E-state index contributed by atoms with van der Waals surface area (Å²) >= 11 is 0. The summed E-state index contributed by atoms with van der Waals surface area (Å²) < 4.78 is 5.35. The van der Waals surface area contributed by atoms with Gasteiger partial charge >= 0.3 is 0 Å². The second kappa shape index (κ2) is 11.9. The fourth-order valence-corrected chi connectivity index (χ4v) is 1.87. The lowest BCUT2D eigenvalue weighted by Gasteiger charge is -2.15. The van der Waals surface area contributed by atoms with E-state index in [0.717, 1.165) is 12.3 Å². The Kier molecular flexibility index (Phi) is 11.9. The molecule has 0 saturated heterocycles. The lowest BCUT2D eigenvalue weighted by atomic mass is 10.0. The monoisotopic (exact) mass is 260 g/mol.